The maximum atomic E-state index is 5.82. The first kappa shape index (κ1) is 13.4. The molecule has 0 aliphatic carbocycles. The molecule has 1 rings (SSSR count). The van der Waals surface area contributed by atoms with Crippen LogP contribution in [0.5, 0.6) is 0 Å². The van der Waals surface area contributed by atoms with Gasteiger partial charge in [0.05, 0.1) is 0 Å². The van der Waals surface area contributed by atoms with Crippen molar-refractivity contribution < 1.29 is 0 Å². The molecule has 0 fully saturated rings. The van der Waals surface area contributed by atoms with Crippen LogP contribution in [0.3, 0.4) is 0 Å². The number of nitrogens with two attached hydrogens (primary N) is 1. The van der Waals surface area contributed by atoms with Crippen LogP contribution in [0.1, 0.15) is 33.4 Å². The molecule has 0 radical (unpaired) electrons. The zero-order valence-electron chi connectivity index (χ0n) is 10.6. The zero-order chi connectivity index (χ0) is 12.1. The standard InChI is InChI=1S/C11H22N4S/c1-8(2)5-15(6-9(3)4)7-10-11(12)16-14-13-10/h8-9H,5-7,12H2,1-4H3. The van der Waals surface area contributed by atoms with Crippen molar-refractivity contribution in [2.75, 3.05) is 18.8 Å². The van der Waals surface area contributed by atoms with E-state index in [1.54, 1.807) is 0 Å². The lowest BCUT2D eigenvalue weighted by Crippen LogP contribution is -2.31. The van der Waals surface area contributed by atoms with E-state index in [1.807, 2.05) is 0 Å². The molecular weight excluding hydrogens is 220 g/mol. The van der Waals surface area contributed by atoms with Gasteiger partial charge in [0.15, 0.2) is 0 Å². The van der Waals surface area contributed by atoms with Gasteiger partial charge in [-0.1, -0.05) is 32.2 Å². The van der Waals surface area contributed by atoms with Gasteiger partial charge in [-0.15, -0.1) is 5.10 Å². The molecule has 92 valence electrons. The van der Waals surface area contributed by atoms with E-state index in [0.717, 1.165) is 30.3 Å². The maximum absolute atomic E-state index is 5.82. The number of nitrogen functional groups attached to an aromatic ring is 1. The van der Waals surface area contributed by atoms with E-state index in [4.69, 9.17) is 5.73 Å². The minimum absolute atomic E-state index is 0.659. The molecule has 0 aromatic carbocycles. The normalized spacial score (nSPS) is 11.9. The van der Waals surface area contributed by atoms with Crippen molar-refractivity contribution in [1.29, 1.82) is 0 Å². The molecule has 0 atom stereocenters. The van der Waals surface area contributed by atoms with E-state index < -0.39 is 0 Å². The molecule has 0 aliphatic rings. The van der Waals surface area contributed by atoms with Crippen molar-refractivity contribution in [2.24, 2.45) is 11.8 Å². The molecule has 4 nitrogen and oxygen atoms in total. The summed E-state index contributed by atoms with van der Waals surface area (Å²) < 4.78 is 3.87. The summed E-state index contributed by atoms with van der Waals surface area (Å²) in [6, 6.07) is 0. The van der Waals surface area contributed by atoms with Crippen molar-refractivity contribution >= 4 is 16.5 Å². The predicted octanol–water partition coefficient (Wildman–Crippen LogP) is 2.23. The molecule has 0 saturated carbocycles. The van der Waals surface area contributed by atoms with Gasteiger partial charge in [-0.25, -0.2) is 0 Å². The third-order valence-corrected chi connectivity index (χ3v) is 2.80. The molecule has 0 unspecified atom stereocenters. The zero-order valence-corrected chi connectivity index (χ0v) is 11.4. The van der Waals surface area contributed by atoms with Crippen LogP contribution in [-0.4, -0.2) is 27.6 Å². The lowest BCUT2D eigenvalue weighted by atomic mass is 10.1. The molecule has 16 heavy (non-hydrogen) atoms. The van der Waals surface area contributed by atoms with E-state index >= 15 is 0 Å². The second kappa shape index (κ2) is 6.15. The summed E-state index contributed by atoms with van der Waals surface area (Å²) in [4.78, 5) is 2.41. The van der Waals surface area contributed by atoms with E-state index in [-0.39, 0.29) is 0 Å². The Bertz CT molecular complexity index is 299. The molecule has 1 aromatic heterocycles. The molecule has 0 aliphatic heterocycles. The smallest absolute Gasteiger partial charge is 0.132 e. The molecule has 1 aromatic rings. The maximum Gasteiger partial charge on any atom is 0.132 e. The van der Waals surface area contributed by atoms with Crippen molar-refractivity contribution in [3.8, 4) is 0 Å². The Hall–Kier alpha value is -0.680. The van der Waals surface area contributed by atoms with Gasteiger partial charge >= 0.3 is 0 Å². The number of anilines is 1. The monoisotopic (exact) mass is 242 g/mol. The average molecular weight is 242 g/mol. The second-order valence-corrected chi connectivity index (χ2v) is 5.85. The van der Waals surface area contributed by atoms with Crippen molar-refractivity contribution in [2.45, 2.75) is 34.2 Å². The Morgan fingerprint density at radius 1 is 1.19 bits per heavy atom. The summed E-state index contributed by atoms with van der Waals surface area (Å²) in [5, 5.41) is 4.82. The molecule has 2 N–H and O–H groups in total. The quantitative estimate of drug-likeness (QED) is 0.831. The summed E-state index contributed by atoms with van der Waals surface area (Å²) >= 11 is 1.27. The molecule has 0 saturated heterocycles. The Kier molecular flexibility index (Phi) is 5.15. The van der Waals surface area contributed by atoms with Crippen LogP contribution in [0.15, 0.2) is 0 Å². The summed E-state index contributed by atoms with van der Waals surface area (Å²) in [7, 11) is 0. The molecule has 5 heteroatoms. The van der Waals surface area contributed by atoms with E-state index in [9.17, 15) is 0 Å². The minimum Gasteiger partial charge on any atom is -0.388 e. The van der Waals surface area contributed by atoms with Gasteiger partial charge < -0.3 is 5.73 Å². The lowest BCUT2D eigenvalue weighted by molar-refractivity contribution is 0.209. The number of rotatable bonds is 6. The van der Waals surface area contributed by atoms with Crippen molar-refractivity contribution in [3.63, 3.8) is 0 Å². The Labute approximate surface area is 102 Å². The lowest BCUT2D eigenvalue weighted by Gasteiger charge is -2.25. The van der Waals surface area contributed by atoms with Crippen molar-refractivity contribution in [1.82, 2.24) is 14.5 Å². The first-order chi connectivity index (χ1) is 7.49. The third kappa shape index (κ3) is 4.45. The van der Waals surface area contributed by atoms with Crippen LogP contribution in [0.25, 0.3) is 0 Å². The van der Waals surface area contributed by atoms with Crippen molar-refractivity contribution in [3.05, 3.63) is 5.69 Å². The summed E-state index contributed by atoms with van der Waals surface area (Å²) in [6.45, 7) is 11.9. The molecule has 1 heterocycles. The fourth-order valence-electron chi connectivity index (χ4n) is 1.77. The number of hydrogen-bond acceptors (Lipinski definition) is 5. The molecular formula is C11H22N4S. The molecule has 0 bridgehead atoms. The highest BCUT2D eigenvalue weighted by atomic mass is 32.1. The summed E-state index contributed by atoms with van der Waals surface area (Å²) in [6.07, 6.45) is 0. The molecule has 0 spiro atoms. The first-order valence-electron chi connectivity index (χ1n) is 5.78. The van der Waals surface area contributed by atoms with Gasteiger partial charge in [0, 0.05) is 31.2 Å². The Morgan fingerprint density at radius 2 is 1.75 bits per heavy atom. The van der Waals surface area contributed by atoms with E-state index in [2.05, 4.69) is 42.2 Å². The van der Waals surface area contributed by atoms with Crippen LogP contribution >= 0.6 is 11.5 Å². The van der Waals surface area contributed by atoms with Gasteiger partial charge in [0.25, 0.3) is 0 Å². The van der Waals surface area contributed by atoms with Gasteiger partial charge in [-0.2, -0.15) is 0 Å². The predicted molar refractivity (Wildman–Crippen MR) is 69.3 cm³/mol. The second-order valence-electron chi connectivity index (χ2n) is 5.07. The Balaban J connectivity index is 2.59. The largest absolute Gasteiger partial charge is 0.388 e. The minimum atomic E-state index is 0.659. The fraction of sp³-hybridized carbons (Fsp3) is 0.818. The van der Waals surface area contributed by atoms with Crippen LogP contribution in [0.4, 0.5) is 5.00 Å². The third-order valence-electron chi connectivity index (χ3n) is 2.21. The number of aromatic nitrogens is 2. The topological polar surface area (TPSA) is 55.0 Å². The number of hydrogen-bond donors (Lipinski definition) is 1. The van der Waals surface area contributed by atoms with Crippen LogP contribution in [-0.2, 0) is 6.54 Å². The Morgan fingerprint density at radius 3 is 2.12 bits per heavy atom. The van der Waals surface area contributed by atoms with Gasteiger partial charge in [0.1, 0.15) is 10.7 Å². The van der Waals surface area contributed by atoms with Crippen LogP contribution in [0, 0.1) is 11.8 Å². The van der Waals surface area contributed by atoms with Gasteiger partial charge in [0.2, 0.25) is 0 Å². The highest BCUT2D eigenvalue weighted by Gasteiger charge is 2.13. The highest BCUT2D eigenvalue weighted by Crippen LogP contribution is 2.16. The average Bonchev–Trinajstić information content (AvgIpc) is 2.49. The van der Waals surface area contributed by atoms with E-state index in [1.165, 1.54) is 11.5 Å². The van der Waals surface area contributed by atoms with Crippen LogP contribution < -0.4 is 5.73 Å². The molecule has 0 amide bonds. The summed E-state index contributed by atoms with van der Waals surface area (Å²) in [5.74, 6) is 1.32. The number of nitrogens with zero attached hydrogens (tertiary/aromatic N) is 3. The first-order valence-corrected chi connectivity index (χ1v) is 6.55. The van der Waals surface area contributed by atoms with E-state index in [0.29, 0.717) is 11.8 Å². The SMILES string of the molecule is CC(C)CN(Cc1nnsc1N)CC(C)C. The van der Waals surface area contributed by atoms with Gasteiger partial charge in [-0.3, -0.25) is 4.90 Å². The fourth-order valence-corrected chi connectivity index (χ4v) is 2.21. The van der Waals surface area contributed by atoms with Crippen LogP contribution in [0.2, 0.25) is 0 Å². The summed E-state index contributed by atoms with van der Waals surface area (Å²) in [5.41, 5.74) is 6.74. The van der Waals surface area contributed by atoms with Gasteiger partial charge in [-0.05, 0) is 11.8 Å². The highest BCUT2D eigenvalue weighted by molar-refractivity contribution is 7.09.